The van der Waals surface area contributed by atoms with Gasteiger partial charge in [-0.3, -0.25) is 14.5 Å². The molecule has 1 aliphatic heterocycles. The number of nitrogens with zero attached hydrogens (tertiary/aromatic N) is 2. The number of rotatable bonds is 6. The van der Waals surface area contributed by atoms with Gasteiger partial charge in [-0.1, -0.05) is 30.4 Å². The van der Waals surface area contributed by atoms with Gasteiger partial charge in [-0.15, -0.1) is 0 Å². The van der Waals surface area contributed by atoms with E-state index in [0.29, 0.717) is 23.6 Å². The number of hydrogen-bond acceptors (Lipinski definition) is 8. The van der Waals surface area contributed by atoms with Gasteiger partial charge in [-0.05, 0) is 49.2 Å². The number of thiazole rings is 1. The molecule has 5 rings (SSSR count). The smallest absolute Gasteiger partial charge is 0.350 e. The van der Waals surface area contributed by atoms with Crippen molar-refractivity contribution in [2.75, 3.05) is 18.6 Å². The number of aryl methyl sites for hydroxylation is 1. The zero-order valence-corrected chi connectivity index (χ0v) is 20.5. The molecule has 1 aliphatic rings. The molecule has 0 N–H and O–H groups in total. The molecular weight excluding hydrogens is 487 g/mol. The molecule has 4 aromatic rings. The van der Waals surface area contributed by atoms with Crippen molar-refractivity contribution in [3.05, 3.63) is 86.0 Å². The van der Waals surface area contributed by atoms with E-state index in [9.17, 15) is 18.8 Å². The number of benzene rings is 2. The third-order valence-corrected chi connectivity index (χ3v) is 7.00. The maximum Gasteiger partial charge on any atom is 0.350 e. The number of aromatic nitrogens is 1. The van der Waals surface area contributed by atoms with Crippen molar-refractivity contribution in [2.24, 2.45) is 0 Å². The Morgan fingerprint density at radius 2 is 1.94 bits per heavy atom. The molecule has 0 saturated heterocycles. The van der Waals surface area contributed by atoms with E-state index < -0.39 is 29.2 Å². The standard InChI is InChI=1S/C26H21FN2O6S/c1-4-11-34-16-8-5-14(6-9-16)20-19-21(30)17-12-15(27)7-10-18(17)35-22(19)24(31)29(20)26-28-13(2)23(36-26)25(32)33-3/h5-10,12,20H,4,11H2,1-3H3. The molecule has 8 nitrogen and oxygen atoms in total. The summed E-state index contributed by atoms with van der Waals surface area (Å²) in [5.74, 6) is -1.27. The Balaban J connectivity index is 1.71. The Kier molecular flexibility index (Phi) is 6.05. The van der Waals surface area contributed by atoms with Crippen LogP contribution in [0.3, 0.4) is 0 Å². The highest BCUT2D eigenvalue weighted by atomic mass is 32.1. The van der Waals surface area contributed by atoms with Crippen molar-refractivity contribution < 1.29 is 27.9 Å². The van der Waals surface area contributed by atoms with Crippen LogP contribution >= 0.6 is 11.3 Å². The van der Waals surface area contributed by atoms with Gasteiger partial charge >= 0.3 is 5.97 Å². The molecule has 10 heteroatoms. The Labute approximate surface area is 208 Å². The van der Waals surface area contributed by atoms with Crippen LogP contribution < -0.4 is 15.1 Å². The topological polar surface area (TPSA) is 98.9 Å². The molecule has 0 fully saturated rings. The van der Waals surface area contributed by atoms with E-state index in [1.165, 1.54) is 18.1 Å². The number of anilines is 1. The molecule has 0 radical (unpaired) electrons. The van der Waals surface area contributed by atoms with Crippen LogP contribution in [0.1, 0.15) is 56.4 Å². The van der Waals surface area contributed by atoms with Crippen LogP contribution in [0.4, 0.5) is 9.52 Å². The first-order valence-electron chi connectivity index (χ1n) is 11.2. The van der Waals surface area contributed by atoms with Crippen LogP contribution in [0, 0.1) is 12.7 Å². The second kappa shape index (κ2) is 9.19. The molecule has 1 atom stereocenters. The lowest BCUT2D eigenvalue weighted by Crippen LogP contribution is -2.29. The van der Waals surface area contributed by atoms with Gasteiger partial charge in [-0.2, -0.15) is 0 Å². The lowest BCUT2D eigenvalue weighted by Gasteiger charge is -2.22. The number of ether oxygens (including phenoxy) is 2. The molecule has 184 valence electrons. The normalized spacial score (nSPS) is 14.8. The highest BCUT2D eigenvalue weighted by Gasteiger charge is 2.45. The minimum absolute atomic E-state index is 0.0295. The molecule has 0 spiro atoms. The van der Waals surface area contributed by atoms with E-state index in [1.54, 1.807) is 31.2 Å². The van der Waals surface area contributed by atoms with E-state index in [-0.39, 0.29) is 32.3 Å². The van der Waals surface area contributed by atoms with Gasteiger partial charge in [0.2, 0.25) is 5.76 Å². The van der Waals surface area contributed by atoms with E-state index in [0.717, 1.165) is 29.9 Å². The summed E-state index contributed by atoms with van der Waals surface area (Å²) in [4.78, 5) is 45.5. The number of carbonyl (C=O) groups excluding carboxylic acids is 2. The first kappa shape index (κ1) is 23.7. The fourth-order valence-corrected chi connectivity index (χ4v) is 5.20. The van der Waals surface area contributed by atoms with E-state index in [2.05, 4.69) is 4.98 Å². The van der Waals surface area contributed by atoms with Gasteiger partial charge < -0.3 is 13.9 Å². The molecule has 0 bridgehead atoms. The molecule has 2 aromatic carbocycles. The second-order valence-corrected chi connectivity index (χ2v) is 9.19. The molecule has 36 heavy (non-hydrogen) atoms. The Morgan fingerprint density at radius 3 is 2.64 bits per heavy atom. The Morgan fingerprint density at radius 1 is 1.19 bits per heavy atom. The van der Waals surface area contributed by atoms with Crippen molar-refractivity contribution in [1.29, 1.82) is 0 Å². The largest absolute Gasteiger partial charge is 0.494 e. The number of amides is 1. The van der Waals surface area contributed by atoms with Gasteiger partial charge in [0.15, 0.2) is 10.6 Å². The number of esters is 1. The molecule has 2 aromatic heterocycles. The molecule has 0 saturated carbocycles. The van der Waals surface area contributed by atoms with E-state index in [1.807, 2.05) is 6.92 Å². The van der Waals surface area contributed by atoms with Crippen LogP contribution in [0.15, 0.2) is 51.7 Å². The summed E-state index contributed by atoms with van der Waals surface area (Å²) >= 11 is 0.980. The highest BCUT2D eigenvalue weighted by Crippen LogP contribution is 2.43. The van der Waals surface area contributed by atoms with Crippen LogP contribution in [-0.4, -0.2) is 30.6 Å². The average Bonchev–Trinajstić information content (AvgIpc) is 3.40. The summed E-state index contributed by atoms with van der Waals surface area (Å²) in [6, 6.07) is 9.67. The third kappa shape index (κ3) is 3.83. The van der Waals surface area contributed by atoms with Crippen molar-refractivity contribution in [2.45, 2.75) is 26.3 Å². The Hall–Kier alpha value is -4.05. The van der Waals surface area contributed by atoms with Crippen molar-refractivity contribution in [1.82, 2.24) is 4.98 Å². The number of methoxy groups -OCH3 is 1. The number of hydrogen-bond donors (Lipinski definition) is 0. The van der Waals surface area contributed by atoms with Gasteiger partial charge in [0.05, 0.1) is 36.4 Å². The average molecular weight is 509 g/mol. The first-order valence-corrected chi connectivity index (χ1v) is 12.0. The predicted octanol–water partition coefficient (Wildman–Crippen LogP) is 5.02. The summed E-state index contributed by atoms with van der Waals surface area (Å²) < 4.78 is 30.3. The lowest BCUT2D eigenvalue weighted by molar-refractivity contribution is 0.0605. The lowest BCUT2D eigenvalue weighted by atomic mass is 9.98. The fourth-order valence-electron chi connectivity index (χ4n) is 4.19. The molecular formula is C26H21FN2O6S. The van der Waals surface area contributed by atoms with Crippen LogP contribution in [0.5, 0.6) is 5.75 Å². The van der Waals surface area contributed by atoms with E-state index >= 15 is 0 Å². The van der Waals surface area contributed by atoms with Crippen LogP contribution in [-0.2, 0) is 4.74 Å². The second-order valence-electron chi connectivity index (χ2n) is 8.21. The third-order valence-electron chi connectivity index (χ3n) is 5.86. The monoisotopic (exact) mass is 508 g/mol. The SMILES string of the molecule is CCCOc1ccc(C2c3c(oc4ccc(F)cc4c3=O)C(=O)N2c2nc(C)c(C(=O)OC)s2)cc1. The summed E-state index contributed by atoms with van der Waals surface area (Å²) in [7, 11) is 1.26. The molecule has 0 aliphatic carbocycles. The number of fused-ring (bicyclic) bond motifs is 2. The first-order chi connectivity index (χ1) is 17.3. The van der Waals surface area contributed by atoms with Crippen molar-refractivity contribution in [3.63, 3.8) is 0 Å². The predicted molar refractivity (Wildman–Crippen MR) is 132 cm³/mol. The number of carbonyl (C=O) groups is 2. The van der Waals surface area contributed by atoms with Crippen molar-refractivity contribution in [3.8, 4) is 5.75 Å². The van der Waals surface area contributed by atoms with E-state index in [4.69, 9.17) is 13.9 Å². The zero-order chi connectivity index (χ0) is 25.6. The van der Waals surface area contributed by atoms with Gasteiger partial charge in [0.25, 0.3) is 5.91 Å². The molecule has 1 amide bonds. The van der Waals surface area contributed by atoms with Crippen LogP contribution in [0.2, 0.25) is 0 Å². The maximum atomic E-state index is 14.0. The molecule has 3 heterocycles. The van der Waals surface area contributed by atoms with Crippen LogP contribution in [0.25, 0.3) is 11.0 Å². The highest BCUT2D eigenvalue weighted by molar-refractivity contribution is 7.17. The van der Waals surface area contributed by atoms with Gasteiger partial charge in [0.1, 0.15) is 22.0 Å². The molecule has 1 unspecified atom stereocenters. The minimum atomic E-state index is -0.910. The Bertz CT molecular complexity index is 1560. The van der Waals surface area contributed by atoms with Gasteiger partial charge in [0, 0.05) is 0 Å². The summed E-state index contributed by atoms with van der Waals surface area (Å²) in [5.41, 5.74) is 0.649. The van der Waals surface area contributed by atoms with Crippen molar-refractivity contribution >= 4 is 39.3 Å². The summed E-state index contributed by atoms with van der Waals surface area (Å²) in [6.07, 6.45) is 0.844. The number of halogens is 1. The quantitative estimate of drug-likeness (QED) is 0.337. The van der Waals surface area contributed by atoms with Gasteiger partial charge in [-0.25, -0.2) is 14.2 Å². The summed E-state index contributed by atoms with van der Waals surface area (Å²) in [5, 5.41) is 0.233. The maximum absolute atomic E-state index is 14.0. The minimum Gasteiger partial charge on any atom is -0.494 e. The zero-order valence-electron chi connectivity index (χ0n) is 19.7. The summed E-state index contributed by atoms with van der Waals surface area (Å²) in [6.45, 7) is 4.18. The fraction of sp³-hybridized carbons (Fsp3) is 0.231.